The molecule has 11 heteroatoms. The molecule has 0 aliphatic carbocycles. The first-order chi connectivity index (χ1) is 15.5. The van der Waals surface area contributed by atoms with Gasteiger partial charge >= 0.3 is 5.97 Å². The van der Waals surface area contributed by atoms with Crippen molar-refractivity contribution in [1.82, 2.24) is 24.9 Å². The van der Waals surface area contributed by atoms with Crippen molar-refractivity contribution in [2.75, 3.05) is 24.1 Å². The number of carboxylic acids is 1. The first-order valence-corrected chi connectivity index (χ1v) is 13.0. The summed E-state index contributed by atoms with van der Waals surface area (Å²) in [6.07, 6.45) is 10.9. The summed E-state index contributed by atoms with van der Waals surface area (Å²) in [6.45, 7) is 3.34. The summed E-state index contributed by atoms with van der Waals surface area (Å²) < 4.78 is 19.6. The Kier molecular flexibility index (Phi) is 5.83. The number of carboxylic acid groups (broad SMARTS) is 1. The van der Waals surface area contributed by atoms with E-state index in [9.17, 15) is 14.3 Å². The second-order valence-corrected chi connectivity index (χ2v) is 12.7. The molecule has 174 valence electrons. The Morgan fingerprint density at radius 1 is 1.18 bits per heavy atom. The van der Waals surface area contributed by atoms with Crippen LogP contribution in [0.15, 0.2) is 40.1 Å². The predicted octanol–water partition coefficient (Wildman–Crippen LogP) is 4.39. The van der Waals surface area contributed by atoms with E-state index in [0.29, 0.717) is 22.4 Å². The number of hydrogen-bond donors (Lipinski definition) is 3. The lowest BCUT2D eigenvalue weighted by molar-refractivity contribution is -0.141. The average molecular weight is 473 g/mol. The molecule has 4 aromatic rings. The van der Waals surface area contributed by atoms with Crippen LogP contribution in [0.2, 0.25) is 0 Å². The van der Waals surface area contributed by atoms with Crippen LogP contribution in [-0.4, -0.2) is 60.8 Å². The molecule has 4 aromatic heterocycles. The number of rotatable bonds is 7. The Labute approximate surface area is 191 Å². The molecule has 33 heavy (non-hydrogen) atoms. The van der Waals surface area contributed by atoms with E-state index in [4.69, 9.17) is 4.42 Å². The van der Waals surface area contributed by atoms with Crippen molar-refractivity contribution >= 4 is 33.0 Å². The molecule has 0 spiro atoms. The molecule has 0 aromatic carbocycles. The Hall–Kier alpha value is -3.47. The number of carbonyl (C=O) groups is 1. The lowest BCUT2D eigenvalue weighted by atomic mass is 10.0. The van der Waals surface area contributed by atoms with Gasteiger partial charge in [-0.05, 0) is 44.7 Å². The molecule has 4 rings (SSSR count). The van der Waals surface area contributed by atoms with Crippen molar-refractivity contribution in [3.05, 3.63) is 36.6 Å². The SMILES string of the molecule is C[C@H](Nc1nc(-c2cc(S(C)(C)C)co2)nc(-c2c[nH]c3ncc(F)cc23)n1)[C@H](C)C(=O)O. The number of aromatic amines is 1. The molecule has 0 unspecified atom stereocenters. The third kappa shape index (κ3) is 4.68. The Morgan fingerprint density at radius 3 is 2.58 bits per heavy atom. The molecule has 0 amide bonds. The van der Waals surface area contributed by atoms with Crippen LogP contribution in [0.4, 0.5) is 10.3 Å². The Morgan fingerprint density at radius 2 is 1.91 bits per heavy atom. The zero-order valence-electron chi connectivity index (χ0n) is 18.9. The van der Waals surface area contributed by atoms with Gasteiger partial charge in [-0.2, -0.15) is 9.97 Å². The molecule has 0 saturated carbocycles. The zero-order valence-corrected chi connectivity index (χ0v) is 19.7. The first-order valence-electron chi connectivity index (χ1n) is 10.2. The highest BCUT2D eigenvalue weighted by Crippen LogP contribution is 2.46. The zero-order chi connectivity index (χ0) is 23.9. The fraction of sp³-hybridized carbons (Fsp3) is 0.318. The third-order valence-electron chi connectivity index (χ3n) is 5.37. The molecule has 0 fully saturated rings. The van der Waals surface area contributed by atoms with Crippen LogP contribution in [0.3, 0.4) is 0 Å². The van der Waals surface area contributed by atoms with Crippen molar-refractivity contribution < 1.29 is 18.7 Å². The number of anilines is 1. The van der Waals surface area contributed by atoms with Crippen LogP contribution in [0.25, 0.3) is 34.0 Å². The topological polar surface area (TPSA) is 130 Å². The quantitative estimate of drug-likeness (QED) is 0.361. The van der Waals surface area contributed by atoms with Crippen LogP contribution in [0.5, 0.6) is 0 Å². The van der Waals surface area contributed by atoms with Crippen molar-refractivity contribution in [3.63, 3.8) is 0 Å². The monoisotopic (exact) mass is 472 g/mol. The lowest BCUT2D eigenvalue weighted by Crippen LogP contribution is -2.30. The standard InChI is InChI=1S/C22H25FN6O3S/c1-11(21(30)31)12(2)26-22-28-19(16-9-25-18-15(16)6-13(23)8-24-18)27-20(29-22)17-7-14(10-32-17)33(3,4)5/h6-12H,1-5H3,(H,24,25)(H,30,31)(H,26,27,28,29)/t11-,12-/m0/s1. The maximum atomic E-state index is 13.9. The van der Waals surface area contributed by atoms with Gasteiger partial charge < -0.3 is 19.8 Å². The molecular formula is C22H25FN6O3S. The number of halogens is 1. The fourth-order valence-electron chi connectivity index (χ4n) is 3.13. The van der Waals surface area contributed by atoms with Gasteiger partial charge in [0.2, 0.25) is 11.8 Å². The van der Waals surface area contributed by atoms with E-state index in [0.717, 1.165) is 11.1 Å². The molecule has 3 N–H and O–H groups in total. The van der Waals surface area contributed by atoms with Crippen LogP contribution in [0, 0.1) is 11.7 Å². The van der Waals surface area contributed by atoms with E-state index in [-0.39, 0.29) is 17.6 Å². The summed E-state index contributed by atoms with van der Waals surface area (Å²) in [7, 11) is -1.03. The van der Waals surface area contributed by atoms with Gasteiger partial charge in [-0.3, -0.25) is 4.79 Å². The number of H-pyrrole nitrogens is 1. The number of aromatic nitrogens is 5. The summed E-state index contributed by atoms with van der Waals surface area (Å²) in [4.78, 5) is 33.0. The number of fused-ring (bicyclic) bond motifs is 1. The Balaban J connectivity index is 1.83. The van der Waals surface area contributed by atoms with Gasteiger partial charge in [0.05, 0.1) is 12.1 Å². The third-order valence-corrected chi connectivity index (χ3v) is 7.00. The molecule has 0 saturated heterocycles. The van der Waals surface area contributed by atoms with E-state index in [1.807, 2.05) is 6.07 Å². The number of aliphatic carboxylic acids is 1. The van der Waals surface area contributed by atoms with Crippen LogP contribution in [0.1, 0.15) is 13.8 Å². The van der Waals surface area contributed by atoms with Gasteiger partial charge in [-0.15, -0.1) is 0 Å². The van der Waals surface area contributed by atoms with E-state index < -0.39 is 33.8 Å². The van der Waals surface area contributed by atoms with E-state index in [1.165, 1.54) is 6.07 Å². The van der Waals surface area contributed by atoms with Crippen molar-refractivity contribution in [2.45, 2.75) is 24.8 Å². The van der Waals surface area contributed by atoms with Crippen molar-refractivity contribution in [1.29, 1.82) is 0 Å². The number of furan rings is 1. The second-order valence-electron chi connectivity index (χ2n) is 8.60. The number of pyridine rings is 1. The van der Waals surface area contributed by atoms with Gasteiger partial charge in [-0.25, -0.2) is 24.4 Å². The van der Waals surface area contributed by atoms with E-state index >= 15 is 0 Å². The van der Waals surface area contributed by atoms with Gasteiger partial charge in [0.25, 0.3) is 0 Å². The molecule has 0 aliphatic rings. The van der Waals surface area contributed by atoms with E-state index in [1.54, 1.807) is 26.3 Å². The number of hydrogen-bond acceptors (Lipinski definition) is 7. The second kappa shape index (κ2) is 8.47. The molecule has 0 aliphatic heterocycles. The highest BCUT2D eigenvalue weighted by molar-refractivity contribution is 8.32. The molecule has 9 nitrogen and oxygen atoms in total. The number of nitrogens with one attached hydrogen (secondary N) is 2. The van der Waals surface area contributed by atoms with Gasteiger partial charge in [-0.1, -0.05) is 0 Å². The molecular weight excluding hydrogens is 447 g/mol. The highest BCUT2D eigenvalue weighted by Gasteiger charge is 2.23. The minimum atomic E-state index is -1.03. The molecule has 2 atom stereocenters. The summed E-state index contributed by atoms with van der Waals surface area (Å²) in [6, 6.07) is 2.80. The molecule has 0 bridgehead atoms. The summed E-state index contributed by atoms with van der Waals surface area (Å²) >= 11 is 0. The minimum absolute atomic E-state index is 0.190. The maximum Gasteiger partial charge on any atom is 0.308 e. The van der Waals surface area contributed by atoms with Gasteiger partial charge in [0, 0.05) is 28.1 Å². The summed E-state index contributed by atoms with van der Waals surface area (Å²) in [5.74, 6) is -0.892. The normalized spacial score (nSPS) is 14.2. The van der Waals surface area contributed by atoms with Gasteiger partial charge in [0.1, 0.15) is 17.7 Å². The molecule has 4 heterocycles. The fourth-order valence-corrected chi connectivity index (χ4v) is 3.93. The van der Waals surface area contributed by atoms with Crippen LogP contribution in [-0.2, 0) is 4.79 Å². The van der Waals surface area contributed by atoms with Crippen LogP contribution >= 0.6 is 10.0 Å². The average Bonchev–Trinajstić information content (AvgIpc) is 3.40. The molecule has 0 radical (unpaired) electrons. The van der Waals surface area contributed by atoms with Crippen molar-refractivity contribution in [3.8, 4) is 23.0 Å². The maximum absolute atomic E-state index is 13.9. The predicted molar refractivity (Wildman–Crippen MR) is 126 cm³/mol. The van der Waals surface area contributed by atoms with Crippen molar-refractivity contribution in [2.24, 2.45) is 5.92 Å². The highest BCUT2D eigenvalue weighted by atomic mass is 32.3. The van der Waals surface area contributed by atoms with E-state index in [2.05, 4.69) is 49.0 Å². The summed E-state index contributed by atoms with van der Waals surface area (Å²) in [5, 5.41) is 12.9. The minimum Gasteiger partial charge on any atom is -0.481 e. The smallest absolute Gasteiger partial charge is 0.308 e. The number of nitrogens with zero attached hydrogens (tertiary/aromatic N) is 4. The first kappa shape index (κ1) is 22.7. The largest absolute Gasteiger partial charge is 0.481 e. The summed E-state index contributed by atoms with van der Waals surface area (Å²) in [5.41, 5.74) is 1.03. The van der Waals surface area contributed by atoms with Crippen LogP contribution < -0.4 is 5.32 Å². The lowest BCUT2D eigenvalue weighted by Gasteiger charge is -2.22. The Bertz CT molecular complexity index is 1330. The van der Waals surface area contributed by atoms with Gasteiger partial charge in [0.15, 0.2) is 11.6 Å².